The Morgan fingerprint density at radius 2 is 2.11 bits per heavy atom. The first-order valence-corrected chi connectivity index (χ1v) is 5.93. The zero-order valence-electron chi connectivity index (χ0n) is 10.2. The standard InChI is InChI=1S/C13H13ClFN3/c1-8-6-11(14)18-12(17-8)7-9-4-3-5-10(15)13(9)16-2/h3-6,16H,7H2,1-2H3. The lowest BCUT2D eigenvalue weighted by atomic mass is 10.1. The van der Waals surface area contributed by atoms with Crippen LogP contribution in [0.4, 0.5) is 10.1 Å². The number of halogens is 2. The van der Waals surface area contributed by atoms with E-state index in [1.807, 2.05) is 13.0 Å². The third-order valence-electron chi connectivity index (χ3n) is 2.57. The van der Waals surface area contributed by atoms with E-state index in [0.29, 0.717) is 23.1 Å². The Labute approximate surface area is 110 Å². The van der Waals surface area contributed by atoms with E-state index >= 15 is 0 Å². The number of rotatable bonds is 3. The molecule has 1 aromatic heterocycles. The maximum Gasteiger partial charge on any atom is 0.146 e. The van der Waals surface area contributed by atoms with E-state index in [1.165, 1.54) is 6.07 Å². The van der Waals surface area contributed by atoms with Gasteiger partial charge < -0.3 is 5.32 Å². The molecule has 1 aromatic carbocycles. The highest BCUT2D eigenvalue weighted by atomic mass is 35.5. The SMILES string of the molecule is CNc1c(F)cccc1Cc1nc(C)cc(Cl)n1. The molecular weight excluding hydrogens is 253 g/mol. The number of para-hydroxylation sites is 1. The zero-order valence-corrected chi connectivity index (χ0v) is 10.9. The molecule has 0 spiro atoms. The summed E-state index contributed by atoms with van der Waals surface area (Å²) in [6, 6.07) is 6.62. The lowest BCUT2D eigenvalue weighted by Crippen LogP contribution is -2.03. The molecular formula is C13H13ClFN3. The number of benzene rings is 1. The monoisotopic (exact) mass is 265 g/mol. The molecule has 0 unspecified atom stereocenters. The van der Waals surface area contributed by atoms with Gasteiger partial charge in [0.05, 0.1) is 5.69 Å². The van der Waals surface area contributed by atoms with E-state index in [1.54, 1.807) is 19.2 Å². The molecule has 0 aliphatic carbocycles. The zero-order chi connectivity index (χ0) is 13.1. The van der Waals surface area contributed by atoms with Crippen LogP contribution in [0.2, 0.25) is 5.15 Å². The second kappa shape index (κ2) is 5.31. The van der Waals surface area contributed by atoms with Gasteiger partial charge in [-0.05, 0) is 24.6 Å². The van der Waals surface area contributed by atoms with Crippen molar-refractivity contribution in [1.82, 2.24) is 9.97 Å². The van der Waals surface area contributed by atoms with Gasteiger partial charge in [0, 0.05) is 19.2 Å². The van der Waals surface area contributed by atoms with E-state index in [-0.39, 0.29) is 5.82 Å². The summed E-state index contributed by atoms with van der Waals surface area (Å²) in [5.41, 5.74) is 2.07. The molecule has 18 heavy (non-hydrogen) atoms. The topological polar surface area (TPSA) is 37.8 Å². The van der Waals surface area contributed by atoms with Crippen LogP contribution in [0.25, 0.3) is 0 Å². The van der Waals surface area contributed by atoms with Crippen LogP contribution in [0.1, 0.15) is 17.1 Å². The van der Waals surface area contributed by atoms with Crippen LogP contribution in [0.15, 0.2) is 24.3 Å². The molecule has 0 saturated heterocycles. The summed E-state index contributed by atoms with van der Waals surface area (Å²) >= 11 is 5.88. The van der Waals surface area contributed by atoms with Gasteiger partial charge in [-0.25, -0.2) is 14.4 Å². The normalized spacial score (nSPS) is 10.4. The third kappa shape index (κ3) is 2.76. The molecule has 0 fully saturated rings. The Morgan fingerprint density at radius 1 is 1.33 bits per heavy atom. The maximum atomic E-state index is 13.6. The second-order valence-corrected chi connectivity index (χ2v) is 4.34. The Bertz CT molecular complexity index is 552. The molecule has 1 N–H and O–H groups in total. The van der Waals surface area contributed by atoms with Gasteiger partial charge in [0.2, 0.25) is 0 Å². The van der Waals surface area contributed by atoms with Gasteiger partial charge in [-0.2, -0.15) is 0 Å². The summed E-state index contributed by atoms with van der Waals surface area (Å²) in [5.74, 6) is 0.302. The van der Waals surface area contributed by atoms with Crippen molar-refractivity contribution in [3.8, 4) is 0 Å². The first-order chi connectivity index (χ1) is 8.60. The molecule has 2 rings (SSSR count). The van der Waals surface area contributed by atoms with Crippen molar-refractivity contribution in [2.75, 3.05) is 12.4 Å². The molecule has 1 heterocycles. The summed E-state index contributed by atoms with van der Waals surface area (Å²) in [7, 11) is 1.69. The van der Waals surface area contributed by atoms with Crippen LogP contribution in [0, 0.1) is 12.7 Å². The molecule has 3 nitrogen and oxygen atoms in total. The number of aryl methyl sites for hydroxylation is 1. The summed E-state index contributed by atoms with van der Waals surface area (Å²) < 4.78 is 13.6. The van der Waals surface area contributed by atoms with Gasteiger partial charge in [0.1, 0.15) is 16.8 Å². The molecule has 0 amide bonds. The van der Waals surface area contributed by atoms with Crippen molar-refractivity contribution in [2.24, 2.45) is 0 Å². The van der Waals surface area contributed by atoms with Crippen molar-refractivity contribution >= 4 is 17.3 Å². The fraction of sp³-hybridized carbons (Fsp3) is 0.231. The fourth-order valence-electron chi connectivity index (χ4n) is 1.83. The Morgan fingerprint density at radius 3 is 2.78 bits per heavy atom. The van der Waals surface area contributed by atoms with Gasteiger partial charge in [-0.1, -0.05) is 23.7 Å². The van der Waals surface area contributed by atoms with Crippen LogP contribution in [0.5, 0.6) is 0 Å². The fourth-order valence-corrected chi connectivity index (χ4v) is 2.09. The minimum Gasteiger partial charge on any atom is -0.386 e. The minimum absolute atomic E-state index is 0.284. The molecule has 94 valence electrons. The average Bonchev–Trinajstić information content (AvgIpc) is 2.27. The second-order valence-electron chi connectivity index (χ2n) is 3.95. The van der Waals surface area contributed by atoms with Crippen LogP contribution in [0.3, 0.4) is 0 Å². The number of hydrogen-bond acceptors (Lipinski definition) is 3. The molecule has 0 aliphatic heterocycles. The summed E-state index contributed by atoms with van der Waals surface area (Å²) in [6.07, 6.45) is 0.440. The van der Waals surface area contributed by atoms with Crippen LogP contribution in [-0.2, 0) is 6.42 Å². The number of aromatic nitrogens is 2. The number of nitrogens with zero attached hydrogens (tertiary/aromatic N) is 2. The first kappa shape index (κ1) is 12.8. The van der Waals surface area contributed by atoms with Crippen LogP contribution >= 0.6 is 11.6 Å². The van der Waals surface area contributed by atoms with E-state index in [2.05, 4.69) is 15.3 Å². The van der Waals surface area contributed by atoms with Crippen molar-refractivity contribution in [3.05, 3.63) is 52.3 Å². The first-order valence-electron chi connectivity index (χ1n) is 5.55. The minimum atomic E-state index is -0.284. The Kier molecular flexibility index (Phi) is 3.77. The largest absolute Gasteiger partial charge is 0.386 e. The molecule has 0 bridgehead atoms. The maximum absolute atomic E-state index is 13.6. The smallest absolute Gasteiger partial charge is 0.146 e. The lowest BCUT2D eigenvalue weighted by molar-refractivity contribution is 0.629. The molecule has 0 atom stereocenters. The van der Waals surface area contributed by atoms with Gasteiger partial charge in [-0.15, -0.1) is 0 Å². The molecule has 0 radical (unpaired) electrons. The summed E-state index contributed by atoms with van der Waals surface area (Å²) in [4.78, 5) is 8.43. The quantitative estimate of drug-likeness (QED) is 0.866. The number of nitrogens with one attached hydrogen (secondary N) is 1. The van der Waals surface area contributed by atoms with Gasteiger partial charge >= 0.3 is 0 Å². The molecule has 0 aliphatic rings. The van der Waals surface area contributed by atoms with E-state index < -0.39 is 0 Å². The lowest BCUT2D eigenvalue weighted by Gasteiger charge is -2.09. The predicted octanol–water partition coefficient (Wildman–Crippen LogP) is 3.21. The highest BCUT2D eigenvalue weighted by Gasteiger charge is 2.09. The number of hydrogen-bond donors (Lipinski definition) is 1. The van der Waals surface area contributed by atoms with Crippen molar-refractivity contribution in [3.63, 3.8) is 0 Å². The van der Waals surface area contributed by atoms with Gasteiger partial charge in [0.15, 0.2) is 0 Å². The average molecular weight is 266 g/mol. The molecule has 5 heteroatoms. The highest BCUT2D eigenvalue weighted by Crippen LogP contribution is 2.21. The van der Waals surface area contributed by atoms with Gasteiger partial charge in [0.25, 0.3) is 0 Å². The molecule has 0 saturated carbocycles. The predicted molar refractivity (Wildman–Crippen MR) is 70.5 cm³/mol. The van der Waals surface area contributed by atoms with Gasteiger partial charge in [-0.3, -0.25) is 0 Å². The highest BCUT2D eigenvalue weighted by molar-refractivity contribution is 6.29. The Hall–Kier alpha value is -1.68. The van der Waals surface area contributed by atoms with Crippen molar-refractivity contribution in [1.29, 1.82) is 0 Å². The van der Waals surface area contributed by atoms with E-state index in [4.69, 9.17) is 11.6 Å². The summed E-state index contributed by atoms with van der Waals surface area (Å²) in [5, 5.41) is 3.25. The van der Waals surface area contributed by atoms with Crippen molar-refractivity contribution < 1.29 is 4.39 Å². The molecule has 2 aromatic rings. The Balaban J connectivity index is 2.36. The van der Waals surface area contributed by atoms with Crippen molar-refractivity contribution in [2.45, 2.75) is 13.3 Å². The third-order valence-corrected chi connectivity index (χ3v) is 2.76. The van der Waals surface area contributed by atoms with Crippen LogP contribution in [-0.4, -0.2) is 17.0 Å². The summed E-state index contributed by atoms with van der Waals surface area (Å²) in [6.45, 7) is 1.85. The van der Waals surface area contributed by atoms with E-state index in [0.717, 1.165) is 11.3 Å². The number of anilines is 1. The van der Waals surface area contributed by atoms with E-state index in [9.17, 15) is 4.39 Å². The van der Waals surface area contributed by atoms with Crippen LogP contribution < -0.4 is 5.32 Å².